The lowest BCUT2D eigenvalue weighted by Crippen LogP contribution is -2.64. The summed E-state index contributed by atoms with van der Waals surface area (Å²) in [4.78, 5) is 14.9. The molecule has 11 heteroatoms. The first-order valence-corrected chi connectivity index (χ1v) is 14.6. The molecule has 2 aromatic carbocycles. The van der Waals surface area contributed by atoms with E-state index < -0.39 is 27.4 Å². The van der Waals surface area contributed by atoms with Crippen LogP contribution < -0.4 is 5.32 Å². The fraction of sp³-hybridized carbons (Fsp3) is 0.536. The highest BCUT2D eigenvalue weighted by Crippen LogP contribution is 2.36. The number of carbonyl (C=O) groups is 1. The zero-order valence-electron chi connectivity index (χ0n) is 22.5. The average molecular weight is 568 g/mol. The van der Waals surface area contributed by atoms with Crippen molar-refractivity contribution >= 4 is 21.6 Å². The number of morpholine rings is 1. The molecule has 0 radical (unpaired) electrons. The van der Waals surface area contributed by atoms with E-state index in [1.54, 1.807) is 28.6 Å². The SMILES string of the molecule is Cc1ccc(S(=O)(=O)N2CC3(CCCN(CC(=O)Nc4ccc(C(F)(F)F)cc4)C3)OC[C@@H]2CC(C)C)cc1. The van der Waals surface area contributed by atoms with Gasteiger partial charge in [-0.2, -0.15) is 17.5 Å². The van der Waals surface area contributed by atoms with Gasteiger partial charge in [-0.15, -0.1) is 0 Å². The van der Waals surface area contributed by atoms with Gasteiger partial charge in [0.05, 0.1) is 29.2 Å². The van der Waals surface area contributed by atoms with Gasteiger partial charge in [0.25, 0.3) is 0 Å². The van der Waals surface area contributed by atoms with E-state index in [2.05, 4.69) is 19.2 Å². The van der Waals surface area contributed by atoms with Gasteiger partial charge in [-0.3, -0.25) is 9.69 Å². The second kappa shape index (κ2) is 11.6. The van der Waals surface area contributed by atoms with Crippen LogP contribution in [0.2, 0.25) is 0 Å². The Morgan fingerprint density at radius 2 is 1.77 bits per heavy atom. The Hall–Kier alpha value is -2.47. The van der Waals surface area contributed by atoms with Crippen molar-refractivity contribution in [2.24, 2.45) is 5.92 Å². The maximum Gasteiger partial charge on any atom is 0.416 e. The number of anilines is 1. The summed E-state index contributed by atoms with van der Waals surface area (Å²) in [5.74, 6) is -0.0791. The molecule has 0 saturated carbocycles. The van der Waals surface area contributed by atoms with Gasteiger partial charge in [-0.25, -0.2) is 8.42 Å². The molecule has 2 saturated heterocycles. The van der Waals surface area contributed by atoms with Crippen LogP contribution in [0.4, 0.5) is 18.9 Å². The highest BCUT2D eigenvalue weighted by molar-refractivity contribution is 7.89. The fourth-order valence-corrected chi connectivity index (χ4v) is 7.09. The number of rotatable bonds is 7. The summed E-state index contributed by atoms with van der Waals surface area (Å²) in [6, 6.07) is 10.9. The van der Waals surface area contributed by atoms with Gasteiger partial charge in [0.15, 0.2) is 0 Å². The van der Waals surface area contributed by atoms with Crippen LogP contribution in [-0.2, 0) is 25.7 Å². The zero-order chi connectivity index (χ0) is 28.4. The third-order valence-corrected chi connectivity index (χ3v) is 9.20. The standard InChI is InChI=1S/C28H36F3N3O4S/c1-20(2)15-24-17-38-27(19-34(24)39(36,37)25-11-5-21(3)6-12-25)13-4-14-33(18-27)16-26(35)32-23-9-7-22(8-10-23)28(29,30)31/h5-12,20,24H,4,13-19H2,1-3H3,(H,32,35)/t24-,27?/m0/s1. The number of amides is 1. The largest absolute Gasteiger partial charge is 0.416 e. The first kappa shape index (κ1) is 29.5. The van der Waals surface area contributed by atoms with E-state index in [-0.39, 0.29) is 48.1 Å². The second-order valence-electron chi connectivity index (χ2n) is 11.1. The lowest BCUT2D eigenvalue weighted by atomic mass is 9.89. The molecule has 1 N–H and O–H groups in total. The number of carbonyl (C=O) groups excluding carboxylic acids is 1. The predicted octanol–water partition coefficient (Wildman–Crippen LogP) is 4.92. The molecular weight excluding hydrogens is 531 g/mol. The summed E-state index contributed by atoms with van der Waals surface area (Å²) < 4.78 is 74.0. The van der Waals surface area contributed by atoms with Crippen molar-refractivity contribution in [1.82, 2.24) is 9.21 Å². The predicted molar refractivity (Wildman–Crippen MR) is 143 cm³/mol. The minimum atomic E-state index is -4.44. The first-order chi connectivity index (χ1) is 18.3. The number of piperidine rings is 1. The van der Waals surface area contributed by atoms with Crippen molar-refractivity contribution < 1.29 is 31.1 Å². The zero-order valence-corrected chi connectivity index (χ0v) is 23.3. The molecule has 2 fully saturated rings. The van der Waals surface area contributed by atoms with Gasteiger partial charge in [-0.1, -0.05) is 31.5 Å². The lowest BCUT2D eigenvalue weighted by Gasteiger charge is -2.50. The van der Waals surface area contributed by atoms with Crippen LogP contribution in [0.15, 0.2) is 53.4 Å². The number of nitrogens with zero attached hydrogens (tertiary/aromatic N) is 2. The third-order valence-electron chi connectivity index (χ3n) is 7.29. The van der Waals surface area contributed by atoms with Gasteiger partial charge in [0.2, 0.25) is 15.9 Å². The van der Waals surface area contributed by atoms with Gasteiger partial charge in [0, 0.05) is 24.8 Å². The Balaban J connectivity index is 1.46. The number of alkyl halides is 3. The maximum atomic E-state index is 13.8. The number of hydrogen-bond donors (Lipinski definition) is 1. The van der Waals surface area contributed by atoms with Crippen molar-refractivity contribution in [3.05, 3.63) is 59.7 Å². The van der Waals surface area contributed by atoms with Crippen LogP contribution in [0.1, 0.15) is 44.2 Å². The molecule has 1 unspecified atom stereocenters. The number of hydrogen-bond acceptors (Lipinski definition) is 5. The molecule has 0 aromatic heterocycles. The number of likely N-dealkylation sites (tertiary alicyclic amines) is 1. The molecule has 214 valence electrons. The van der Waals surface area contributed by atoms with Gasteiger partial charge in [0.1, 0.15) is 0 Å². The minimum absolute atomic E-state index is 0.0201. The molecular formula is C28H36F3N3O4S. The number of halogens is 3. The monoisotopic (exact) mass is 567 g/mol. The molecule has 39 heavy (non-hydrogen) atoms. The van der Waals surface area contributed by atoms with Crippen molar-refractivity contribution in [3.8, 4) is 0 Å². The van der Waals surface area contributed by atoms with Crippen LogP contribution in [0.3, 0.4) is 0 Å². The first-order valence-electron chi connectivity index (χ1n) is 13.2. The summed E-state index contributed by atoms with van der Waals surface area (Å²) in [7, 11) is -3.77. The minimum Gasteiger partial charge on any atom is -0.371 e. The van der Waals surface area contributed by atoms with E-state index >= 15 is 0 Å². The molecule has 2 aromatic rings. The lowest BCUT2D eigenvalue weighted by molar-refractivity contribution is -0.146. The molecule has 4 rings (SSSR count). The van der Waals surface area contributed by atoms with Crippen molar-refractivity contribution in [3.63, 3.8) is 0 Å². The Morgan fingerprint density at radius 3 is 2.38 bits per heavy atom. The molecule has 7 nitrogen and oxygen atoms in total. The Labute approximate surface area is 228 Å². The van der Waals surface area contributed by atoms with E-state index in [1.807, 2.05) is 11.8 Å². The average Bonchev–Trinajstić information content (AvgIpc) is 2.85. The highest BCUT2D eigenvalue weighted by Gasteiger charge is 2.47. The number of sulfonamides is 1. The molecule has 1 spiro atoms. The van der Waals surface area contributed by atoms with E-state index in [0.717, 1.165) is 24.1 Å². The molecule has 2 atom stereocenters. The fourth-order valence-electron chi connectivity index (χ4n) is 5.39. The van der Waals surface area contributed by atoms with Crippen LogP contribution in [-0.4, -0.2) is 68.0 Å². The second-order valence-corrected chi connectivity index (χ2v) is 13.0. The molecule has 2 aliphatic heterocycles. The quantitative estimate of drug-likeness (QED) is 0.514. The van der Waals surface area contributed by atoms with Crippen LogP contribution in [0, 0.1) is 12.8 Å². The topological polar surface area (TPSA) is 79.0 Å². The Bertz CT molecular complexity index is 1250. The number of benzene rings is 2. The Kier molecular flexibility index (Phi) is 8.75. The molecule has 0 aliphatic carbocycles. The molecule has 0 bridgehead atoms. The number of aryl methyl sites for hydroxylation is 1. The van der Waals surface area contributed by atoms with E-state index in [1.165, 1.54) is 12.1 Å². The third kappa shape index (κ3) is 7.19. The van der Waals surface area contributed by atoms with E-state index in [9.17, 15) is 26.4 Å². The van der Waals surface area contributed by atoms with Crippen LogP contribution in [0.5, 0.6) is 0 Å². The number of nitrogens with one attached hydrogen (secondary N) is 1. The highest BCUT2D eigenvalue weighted by atomic mass is 32.2. The van der Waals surface area contributed by atoms with Crippen LogP contribution in [0.25, 0.3) is 0 Å². The number of ether oxygens (including phenoxy) is 1. The maximum absolute atomic E-state index is 13.8. The van der Waals surface area contributed by atoms with Gasteiger partial charge in [-0.05, 0) is 75.0 Å². The summed E-state index contributed by atoms with van der Waals surface area (Å²) in [5, 5.41) is 2.65. The summed E-state index contributed by atoms with van der Waals surface area (Å²) in [6.07, 6.45) is -2.39. The van der Waals surface area contributed by atoms with Crippen LogP contribution >= 0.6 is 0 Å². The Morgan fingerprint density at radius 1 is 1.10 bits per heavy atom. The smallest absolute Gasteiger partial charge is 0.371 e. The van der Waals surface area contributed by atoms with Crippen molar-refractivity contribution in [1.29, 1.82) is 0 Å². The summed E-state index contributed by atoms with van der Waals surface area (Å²) in [6.45, 7) is 7.51. The van der Waals surface area contributed by atoms with Gasteiger partial charge < -0.3 is 10.1 Å². The van der Waals surface area contributed by atoms with Crippen molar-refractivity contribution in [2.75, 3.05) is 38.1 Å². The summed E-state index contributed by atoms with van der Waals surface area (Å²) >= 11 is 0. The van der Waals surface area contributed by atoms with Crippen molar-refractivity contribution in [2.45, 2.75) is 62.7 Å². The van der Waals surface area contributed by atoms with Gasteiger partial charge >= 0.3 is 6.18 Å². The molecule has 2 heterocycles. The summed E-state index contributed by atoms with van der Waals surface area (Å²) in [5.41, 5.74) is -0.281. The molecule has 2 aliphatic rings. The molecule has 1 amide bonds. The van der Waals surface area contributed by atoms with E-state index in [4.69, 9.17) is 4.74 Å². The normalized spacial score (nSPS) is 23.3. The van der Waals surface area contributed by atoms with E-state index in [0.29, 0.717) is 25.9 Å².